The number of phenolic OH excluding ortho intramolecular Hbond substituents is 1. The fourth-order valence-electron chi connectivity index (χ4n) is 2.85. The van der Waals surface area contributed by atoms with Crippen molar-refractivity contribution in [2.24, 2.45) is 11.3 Å². The predicted molar refractivity (Wildman–Crippen MR) is 83.4 cm³/mol. The molecular formula is C16H24BrNO. The Kier molecular flexibility index (Phi) is 4.26. The van der Waals surface area contributed by atoms with E-state index in [2.05, 4.69) is 41.6 Å². The second-order valence-corrected chi connectivity index (χ2v) is 7.73. The lowest BCUT2D eigenvalue weighted by atomic mass is 9.80. The van der Waals surface area contributed by atoms with Gasteiger partial charge >= 0.3 is 0 Å². The average molecular weight is 326 g/mol. The van der Waals surface area contributed by atoms with Crippen LogP contribution in [0.25, 0.3) is 0 Å². The van der Waals surface area contributed by atoms with Crippen molar-refractivity contribution in [3.63, 3.8) is 0 Å². The fraction of sp³-hybridized carbons (Fsp3) is 0.625. The molecule has 0 saturated carbocycles. The molecule has 0 aromatic heterocycles. The summed E-state index contributed by atoms with van der Waals surface area (Å²) in [7, 11) is 0. The SMILES string of the molecule is Cc1cc(Br)cc(CN2CCC(C(C)(C)C)C2)c1O. The largest absolute Gasteiger partial charge is 0.507 e. The number of likely N-dealkylation sites (tertiary alicyclic amines) is 1. The van der Waals surface area contributed by atoms with Crippen molar-refractivity contribution in [3.05, 3.63) is 27.7 Å². The van der Waals surface area contributed by atoms with Gasteiger partial charge in [-0.2, -0.15) is 0 Å². The molecule has 2 nitrogen and oxygen atoms in total. The van der Waals surface area contributed by atoms with Gasteiger partial charge in [-0.05, 0) is 48.9 Å². The summed E-state index contributed by atoms with van der Waals surface area (Å²) in [5.74, 6) is 1.20. The Morgan fingerprint density at radius 3 is 2.63 bits per heavy atom. The third kappa shape index (κ3) is 3.51. The van der Waals surface area contributed by atoms with Gasteiger partial charge in [0.2, 0.25) is 0 Å². The van der Waals surface area contributed by atoms with Gasteiger partial charge in [0.1, 0.15) is 5.75 Å². The van der Waals surface area contributed by atoms with Gasteiger partial charge in [0, 0.05) is 23.1 Å². The number of aryl methyl sites for hydroxylation is 1. The van der Waals surface area contributed by atoms with E-state index in [1.807, 2.05) is 19.1 Å². The minimum atomic E-state index is 0.379. The molecule has 1 atom stereocenters. The van der Waals surface area contributed by atoms with E-state index in [9.17, 15) is 5.11 Å². The normalized spacial score (nSPS) is 21.0. The zero-order valence-corrected chi connectivity index (χ0v) is 13.9. The zero-order valence-electron chi connectivity index (χ0n) is 12.3. The van der Waals surface area contributed by atoms with Crippen LogP contribution >= 0.6 is 15.9 Å². The van der Waals surface area contributed by atoms with Gasteiger partial charge in [0.15, 0.2) is 0 Å². The molecule has 0 bridgehead atoms. The maximum absolute atomic E-state index is 10.2. The standard InChI is InChI=1S/C16H24BrNO/c1-11-7-14(17)8-12(15(11)19)9-18-6-5-13(10-18)16(2,3)4/h7-8,13,19H,5-6,9-10H2,1-4H3. The molecule has 1 aromatic rings. The van der Waals surface area contributed by atoms with E-state index >= 15 is 0 Å². The number of aromatic hydroxyl groups is 1. The highest BCUT2D eigenvalue weighted by Gasteiger charge is 2.31. The summed E-state index contributed by atoms with van der Waals surface area (Å²) < 4.78 is 1.05. The highest BCUT2D eigenvalue weighted by molar-refractivity contribution is 9.10. The Balaban J connectivity index is 2.08. The number of halogens is 1. The fourth-order valence-corrected chi connectivity index (χ4v) is 3.47. The van der Waals surface area contributed by atoms with Crippen LogP contribution in [0.4, 0.5) is 0 Å². The smallest absolute Gasteiger partial charge is 0.123 e. The third-order valence-electron chi connectivity index (χ3n) is 4.24. The third-order valence-corrected chi connectivity index (χ3v) is 4.69. The molecule has 1 aliphatic heterocycles. The first-order valence-electron chi connectivity index (χ1n) is 6.97. The van der Waals surface area contributed by atoms with Crippen LogP contribution in [0.5, 0.6) is 5.75 Å². The topological polar surface area (TPSA) is 23.5 Å². The summed E-state index contributed by atoms with van der Waals surface area (Å²) in [4.78, 5) is 2.46. The first kappa shape index (κ1) is 14.9. The van der Waals surface area contributed by atoms with Crippen molar-refractivity contribution in [2.45, 2.75) is 40.7 Å². The van der Waals surface area contributed by atoms with Gasteiger partial charge in [0.05, 0.1) is 0 Å². The molecule has 1 heterocycles. The van der Waals surface area contributed by atoms with Gasteiger partial charge in [-0.25, -0.2) is 0 Å². The number of hydrogen-bond acceptors (Lipinski definition) is 2. The molecule has 3 heteroatoms. The second-order valence-electron chi connectivity index (χ2n) is 6.82. The number of hydrogen-bond donors (Lipinski definition) is 1. The van der Waals surface area contributed by atoms with Crippen molar-refractivity contribution in [1.29, 1.82) is 0 Å². The summed E-state index contributed by atoms with van der Waals surface area (Å²) in [5, 5.41) is 10.2. The zero-order chi connectivity index (χ0) is 14.2. The van der Waals surface area contributed by atoms with E-state index in [4.69, 9.17) is 0 Å². The Morgan fingerprint density at radius 2 is 2.05 bits per heavy atom. The summed E-state index contributed by atoms with van der Waals surface area (Å²) in [6, 6.07) is 3.99. The van der Waals surface area contributed by atoms with E-state index in [-0.39, 0.29) is 0 Å². The maximum Gasteiger partial charge on any atom is 0.123 e. The maximum atomic E-state index is 10.2. The number of rotatable bonds is 2. The monoisotopic (exact) mass is 325 g/mol. The minimum absolute atomic E-state index is 0.379. The summed E-state index contributed by atoms with van der Waals surface area (Å²) >= 11 is 3.51. The molecule has 0 radical (unpaired) electrons. The molecule has 1 unspecified atom stereocenters. The predicted octanol–water partition coefficient (Wildman–Crippen LogP) is 4.33. The lowest BCUT2D eigenvalue weighted by molar-refractivity contribution is 0.225. The Morgan fingerprint density at radius 1 is 1.37 bits per heavy atom. The molecule has 1 aromatic carbocycles. The van der Waals surface area contributed by atoms with Crippen LogP contribution < -0.4 is 0 Å². The van der Waals surface area contributed by atoms with Crippen LogP contribution in [0, 0.1) is 18.3 Å². The van der Waals surface area contributed by atoms with Crippen LogP contribution in [0.2, 0.25) is 0 Å². The lowest BCUT2D eigenvalue weighted by Gasteiger charge is -2.27. The molecule has 106 valence electrons. The number of benzene rings is 1. The molecule has 0 aliphatic carbocycles. The number of nitrogens with zero attached hydrogens (tertiary/aromatic N) is 1. The van der Waals surface area contributed by atoms with Gasteiger partial charge in [-0.15, -0.1) is 0 Å². The molecule has 1 saturated heterocycles. The average Bonchev–Trinajstić information content (AvgIpc) is 2.73. The van der Waals surface area contributed by atoms with Gasteiger partial charge in [0.25, 0.3) is 0 Å². The second kappa shape index (κ2) is 5.45. The molecule has 1 aliphatic rings. The summed E-state index contributed by atoms with van der Waals surface area (Å²) in [6.45, 7) is 12.0. The van der Waals surface area contributed by atoms with E-state index in [0.29, 0.717) is 11.2 Å². The van der Waals surface area contributed by atoms with Crippen LogP contribution in [0.1, 0.15) is 38.3 Å². The van der Waals surface area contributed by atoms with Crippen molar-refractivity contribution in [2.75, 3.05) is 13.1 Å². The Labute approximate surface area is 124 Å². The van der Waals surface area contributed by atoms with E-state index in [1.54, 1.807) is 0 Å². The van der Waals surface area contributed by atoms with Crippen molar-refractivity contribution < 1.29 is 5.11 Å². The molecule has 2 rings (SSSR count). The van der Waals surface area contributed by atoms with E-state index in [1.165, 1.54) is 6.42 Å². The van der Waals surface area contributed by atoms with Crippen LogP contribution in [0.3, 0.4) is 0 Å². The Bertz CT molecular complexity index is 465. The first-order valence-corrected chi connectivity index (χ1v) is 7.77. The van der Waals surface area contributed by atoms with Crippen LogP contribution in [-0.2, 0) is 6.54 Å². The quantitative estimate of drug-likeness (QED) is 0.874. The molecule has 0 amide bonds. The molecular weight excluding hydrogens is 302 g/mol. The summed E-state index contributed by atoms with van der Waals surface area (Å²) in [5.41, 5.74) is 2.35. The van der Waals surface area contributed by atoms with Crippen molar-refractivity contribution >= 4 is 15.9 Å². The summed E-state index contributed by atoms with van der Waals surface area (Å²) in [6.07, 6.45) is 1.26. The highest BCUT2D eigenvalue weighted by Crippen LogP contribution is 2.35. The van der Waals surface area contributed by atoms with E-state index < -0.39 is 0 Å². The molecule has 19 heavy (non-hydrogen) atoms. The first-order chi connectivity index (χ1) is 8.77. The van der Waals surface area contributed by atoms with Gasteiger partial charge in [-0.3, -0.25) is 4.90 Å². The lowest BCUT2D eigenvalue weighted by Crippen LogP contribution is -2.25. The molecule has 0 spiro atoms. The molecule has 1 N–H and O–H groups in total. The Hall–Kier alpha value is -0.540. The highest BCUT2D eigenvalue weighted by atomic mass is 79.9. The van der Waals surface area contributed by atoms with Crippen molar-refractivity contribution in [1.82, 2.24) is 4.90 Å². The van der Waals surface area contributed by atoms with Gasteiger partial charge in [-0.1, -0.05) is 36.7 Å². The van der Waals surface area contributed by atoms with Gasteiger partial charge < -0.3 is 5.11 Å². The van der Waals surface area contributed by atoms with Crippen molar-refractivity contribution in [3.8, 4) is 5.75 Å². The number of phenols is 1. The van der Waals surface area contributed by atoms with Crippen LogP contribution in [-0.4, -0.2) is 23.1 Å². The molecule has 1 fully saturated rings. The van der Waals surface area contributed by atoms with E-state index in [0.717, 1.165) is 41.2 Å². The van der Waals surface area contributed by atoms with Crippen LogP contribution in [0.15, 0.2) is 16.6 Å². The minimum Gasteiger partial charge on any atom is -0.507 e.